The number of benzene rings is 1. The van der Waals surface area contributed by atoms with Gasteiger partial charge in [-0.3, -0.25) is 9.59 Å². The molecule has 184 valence electrons. The van der Waals surface area contributed by atoms with E-state index in [9.17, 15) is 41.0 Å². The van der Waals surface area contributed by atoms with Gasteiger partial charge in [0.25, 0.3) is 11.5 Å². The Hall–Kier alpha value is -2.83. The van der Waals surface area contributed by atoms with Crippen LogP contribution in [0.3, 0.4) is 0 Å². The average Bonchev–Trinajstić information content (AvgIpc) is 3.14. The number of rotatable bonds is 6. The zero-order valence-corrected chi connectivity index (χ0v) is 17.8. The molecule has 0 saturated carbocycles. The number of alkyl halides is 6. The monoisotopic (exact) mass is 484 g/mol. The molecule has 0 radical (unpaired) electrons. The molecule has 1 aromatic rings. The Morgan fingerprint density at radius 3 is 2.12 bits per heavy atom. The van der Waals surface area contributed by atoms with Gasteiger partial charge in [0.15, 0.2) is 0 Å². The highest BCUT2D eigenvalue weighted by molar-refractivity contribution is 6.04. The van der Waals surface area contributed by atoms with Crippen LogP contribution in [0.4, 0.5) is 26.3 Å². The molecule has 0 spiro atoms. The van der Waals surface area contributed by atoms with Crippen LogP contribution in [0.25, 0.3) is 0 Å². The maximum Gasteiger partial charge on any atom is 0.430 e. The molecule has 1 heterocycles. The fraction of sp³-hybridized carbons (Fsp3) is 0.550. The van der Waals surface area contributed by atoms with Crippen molar-refractivity contribution in [2.24, 2.45) is 5.16 Å². The van der Waals surface area contributed by atoms with Crippen molar-refractivity contribution in [2.45, 2.75) is 63.3 Å². The summed E-state index contributed by atoms with van der Waals surface area (Å²) >= 11 is 0. The molecule has 1 aromatic carbocycles. The van der Waals surface area contributed by atoms with Crippen molar-refractivity contribution in [1.82, 2.24) is 5.32 Å². The quantitative estimate of drug-likeness (QED) is 0.477. The predicted molar refractivity (Wildman–Crippen MR) is 102 cm³/mol. The third kappa shape index (κ3) is 6.15. The number of nitrogens with zero attached hydrogens (tertiary/aromatic N) is 1. The molecule has 7 nitrogen and oxygen atoms in total. The molecule has 0 aliphatic carbocycles. The van der Waals surface area contributed by atoms with Gasteiger partial charge in [-0.15, -0.1) is 0 Å². The molecule has 2 N–H and O–H groups in total. The van der Waals surface area contributed by atoms with Gasteiger partial charge in [-0.05, 0) is 26.3 Å². The Morgan fingerprint density at radius 1 is 1.09 bits per heavy atom. The first kappa shape index (κ1) is 26.4. The minimum absolute atomic E-state index is 0.0366. The molecule has 13 heteroatoms. The number of ether oxygens (including phenoxy) is 1. The smallest absolute Gasteiger partial charge is 0.430 e. The van der Waals surface area contributed by atoms with Gasteiger partial charge in [-0.1, -0.05) is 29.4 Å². The SMILES string of the molecule is CC(C)(C)OC(=O)CCNC(=O)C1CC(c2ccc(C(O)(C(F)(F)F)C(F)(F)F)cc2)=NO1. The third-order valence-corrected chi connectivity index (χ3v) is 4.47. The first-order valence-electron chi connectivity index (χ1n) is 9.64. The summed E-state index contributed by atoms with van der Waals surface area (Å²) in [5.74, 6) is -1.14. The van der Waals surface area contributed by atoms with Gasteiger partial charge < -0.3 is 20.0 Å². The van der Waals surface area contributed by atoms with E-state index in [0.717, 1.165) is 12.1 Å². The topological polar surface area (TPSA) is 97.2 Å². The van der Waals surface area contributed by atoms with Crippen LogP contribution in [-0.4, -0.2) is 53.3 Å². The number of hydrogen-bond acceptors (Lipinski definition) is 6. The zero-order chi connectivity index (χ0) is 25.2. The van der Waals surface area contributed by atoms with Crippen molar-refractivity contribution >= 4 is 17.6 Å². The van der Waals surface area contributed by atoms with Crippen LogP contribution in [0.15, 0.2) is 29.4 Å². The van der Waals surface area contributed by atoms with Crippen LogP contribution in [0, 0.1) is 0 Å². The Kier molecular flexibility index (Phi) is 7.36. The highest BCUT2D eigenvalue weighted by Crippen LogP contribution is 2.50. The number of amides is 1. The highest BCUT2D eigenvalue weighted by atomic mass is 19.4. The highest BCUT2D eigenvalue weighted by Gasteiger charge is 2.71. The number of esters is 1. The van der Waals surface area contributed by atoms with Crippen LogP contribution in [-0.2, 0) is 24.8 Å². The summed E-state index contributed by atoms with van der Waals surface area (Å²) in [5.41, 5.74) is -6.92. The number of halogens is 6. The van der Waals surface area contributed by atoms with Gasteiger partial charge in [0, 0.05) is 18.5 Å². The lowest BCUT2D eigenvalue weighted by Gasteiger charge is -2.32. The van der Waals surface area contributed by atoms with Crippen LogP contribution < -0.4 is 5.32 Å². The second kappa shape index (κ2) is 9.20. The summed E-state index contributed by atoms with van der Waals surface area (Å²) < 4.78 is 82.9. The fourth-order valence-electron chi connectivity index (χ4n) is 2.87. The summed E-state index contributed by atoms with van der Waals surface area (Å²) in [5, 5.41) is 15.5. The number of nitrogens with one attached hydrogen (secondary N) is 1. The van der Waals surface area contributed by atoms with Crippen molar-refractivity contribution in [2.75, 3.05) is 6.54 Å². The molecule has 1 aliphatic rings. The van der Waals surface area contributed by atoms with Crippen LogP contribution in [0.2, 0.25) is 0 Å². The van der Waals surface area contributed by atoms with Gasteiger partial charge >= 0.3 is 18.3 Å². The van der Waals surface area contributed by atoms with E-state index in [2.05, 4.69) is 10.5 Å². The van der Waals surface area contributed by atoms with Crippen molar-refractivity contribution in [1.29, 1.82) is 0 Å². The lowest BCUT2D eigenvalue weighted by molar-refractivity contribution is -0.376. The van der Waals surface area contributed by atoms with Gasteiger partial charge in [0.1, 0.15) is 5.60 Å². The largest absolute Gasteiger partial charge is 0.460 e. The number of carbonyl (C=O) groups excluding carboxylic acids is 2. The number of hydrogen-bond donors (Lipinski definition) is 2. The Bertz CT molecular complexity index is 889. The molecular weight excluding hydrogens is 462 g/mol. The summed E-state index contributed by atoms with van der Waals surface area (Å²) in [6, 6.07) is 2.77. The lowest BCUT2D eigenvalue weighted by atomic mass is 9.90. The molecule has 1 amide bonds. The molecule has 2 rings (SSSR count). The standard InChI is InChI=1S/C20H22F6N2O5/c1-17(2,3)32-15(29)8-9-27-16(30)14-10-13(28-33-14)11-4-6-12(7-5-11)18(31,19(21,22)23)20(24,25)26/h4-7,14,31H,8-10H2,1-3H3,(H,27,30). The summed E-state index contributed by atoms with van der Waals surface area (Å²) in [4.78, 5) is 28.8. The number of carbonyl (C=O) groups is 2. The van der Waals surface area contributed by atoms with E-state index >= 15 is 0 Å². The van der Waals surface area contributed by atoms with Crippen molar-refractivity contribution in [3.05, 3.63) is 35.4 Å². The maximum atomic E-state index is 13.0. The molecule has 0 fully saturated rings. The lowest BCUT2D eigenvalue weighted by Crippen LogP contribution is -2.53. The van der Waals surface area contributed by atoms with E-state index in [1.165, 1.54) is 0 Å². The van der Waals surface area contributed by atoms with Crippen LogP contribution in [0.5, 0.6) is 0 Å². The minimum Gasteiger partial charge on any atom is -0.460 e. The second-order valence-electron chi connectivity index (χ2n) is 8.25. The summed E-state index contributed by atoms with van der Waals surface area (Å²) in [6.07, 6.45) is -13.3. The van der Waals surface area contributed by atoms with Crippen molar-refractivity contribution < 1.29 is 50.6 Å². The van der Waals surface area contributed by atoms with E-state index in [4.69, 9.17) is 9.57 Å². The summed E-state index contributed by atoms with van der Waals surface area (Å²) in [7, 11) is 0. The Morgan fingerprint density at radius 2 is 1.64 bits per heavy atom. The first-order chi connectivity index (χ1) is 15.0. The van der Waals surface area contributed by atoms with Crippen LogP contribution >= 0.6 is 0 Å². The van der Waals surface area contributed by atoms with Crippen molar-refractivity contribution in [3.63, 3.8) is 0 Å². The van der Waals surface area contributed by atoms with E-state index in [0.29, 0.717) is 12.1 Å². The van der Waals surface area contributed by atoms with Gasteiger partial charge in [-0.2, -0.15) is 26.3 Å². The molecule has 1 atom stereocenters. The summed E-state index contributed by atoms with van der Waals surface area (Å²) in [6.45, 7) is 5.03. The van der Waals surface area contributed by atoms with E-state index in [-0.39, 0.29) is 30.7 Å². The minimum atomic E-state index is -6.00. The van der Waals surface area contributed by atoms with Gasteiger partial charge in [0.2, 0.25) is 6.10 Å². The van der Waals surface area contributed by atoms with Gasteiger partial charge in [-0.25, -0.2) is 0 Å². The second-order valence-corrected chi connectivity index (χ2v) is 8.25. The molecule has 33 heavy (non-hydrogen) atoms. The Labute approximate surface area is 184 Å². The first-order valence-corrected chi connectivity index (χ1v) is 9.64. The molecule has 1 unspecified atom stereocenters. The number of oxime groups is 1. The van der Waals surface area contributed by atoms with Crippen molar-refractivity contribution in [3.8, 4) is 0 Å². The maximum absolute atomic E-state index is 13.0. The molecule has 1 aliphatic heterocycles. The fourth-order valence-corrected chi connectivity index (χ4v) is 2.87. The van der Waals surface area contributed by atoms with E-state index in [1.54, 1.807) is 20.8 Å². The molecular formula is C20H22F6N2O5. The van der Waals surface area contributed by atoms with Gasteiger partial charge in [0.05, 0.1) is 12.1 Å². The van der Waals surface area contributed by atoms with E-state index < -0.39 is 47.1 Å². The number of aliphatic hydroxyl groups is 1. The van der Waals surface area contributed by atoms with E-state index in [1.807, 2.05) is 0 Å². The molecule has 0 saturated heterocycles. The molecule has 0 aromatic heterocycles. The average molecular weight is 484 g/mol. The normalized spacial score (nSPS) is 17.3. The van der Waals surface area contributed by atoms with Crippen LogP contribution in [0.1, 0.15) is 44.7 Å². The zero-order valence-electron chi connectivity index (χ0n) is 17.8. The predicted octanol–water partition coefficient (Wildman–Crippen LogP) is 3.34. The third-order valence-electron chi connectivity index (χ3n) is 4.47. The Balaban J connectivity index is 1.99. The molecule has 0 bridgehead atoms.